The monoisotopic (exact) mass is 394 g/mol. The highest BCUT2D eigenvalue weighted by Crippen LogP contribution is 2.34. The zero-order valence-corrected chi connectivity index (χ0v) is 18.1. The minimum Gasteiger partial charge on any atom is -0.469 e. The van der Waals surface area contributed by atoms with Crippen molar-refractivity contribution in [2.24, 2.45) is 11.8 Å². The number of halogens is 1. The first kappa shape index (κ1) is 23.7. The van der Waals surface area contributed by atoms with Gasteiger partial charge >= 0.3 is 5.97 Å². The van der Waals surface area contributed by atoms with Crippen LogP contribution in [0, 0.1) is 11.8 Å². The molecule has 0 aliphatic heterocycles. The molecule has 1 aliphatic carbocycles. The van der Waals surface area contributed by atoms with Crippen LogP contribution < -0.4 is 0 Å². The fraction of sp³-hybridized carbons (Fsp3) is 0.652. The molecule has 0 fully saturated rings. The molecule has 0 saturated heterocycles. The molecule has 0 aromatic carbocycles. The SMILES string of the molecule is COC(=O)CCCCCC=C1C(=O)C(Cl)=CC1CCC(C)CCC=C(C)C. The predicted molar refractivity (Wildman–Crippen MR) is 113 cm³/mol. The predicted octanol–water partition coefficient (Wildman–Crippen LogP) is 6.52. The van der Waals surface area contributed by atoms with Crippen LogP contribution in [0.25, 0.3) is 0 Å². The smallest absolute Gasteiger partial charge is 0.305 e. The van der Waals surface area contributed by atoms with Crippen molar-refractivity contribution in [1.82, 2.24) is 0 Å². The van der Waals surface area contributed by atoms with Gasteiger partial charge in [-0.25, -0.2) is 0 Å². The summed E-state index contributed by atoms with van der Waals surface area (Å²) < 4.78 is 4.64. The Kier molecular flexibility index (Phi) is 11.3. The number of esters is 1. The van der Waals surface area contributed by atoms with Crippen molar-refractivity contribution in [2.45, 2.75) is 78.6 Å². The fourth-order valence-electron chi connectivity index (χ4n) is 3.35. The molecule has 0 bridgehead atoms. The molecule has 2 unspecified atom stereocenters. The average molecular weight is 395 g/mol. The van der Waals surface area contributed by atoms with Gasteiger partial charge < -0.3 is 4.74 Å². The summed E-state index contributed by atoms with van der Waals surface area (Å²) in [6.45, 7) is 6.55. The summed E-state index contributed by atoms with van der Waals surface area (Å²) in [5.74, 6) is 0.636. The second-order valence-corrected chi connectivity index (χ2v) is 8.23. The summed E-state index contributed by atoms with van der Waals surface area (Å²) in [5, 5.41) is 0.370. The molecule has 0 aromatic heterocycles. The minimum atomic E-state index is -0.158. The van der Waals surface area contributed by atoms with Gasteiger partial charge in [0.2, 0.25) is 0 Å². The summed E-state index contributed by atoms with van der Waals surface area (Å²) in [6.07, 6.45) is 14.7. The summed E-state index contributed by atoms with van der Waals surface area (Å²) in [4.78, 5) is 23.4. The van der Waals surface area contributed by atoms with Crippen molar-refractivity contribution < 1.29 is 14.3 Å². The number of carbonyl (C=O) groups is 2. The van der Waals surface area contributed by atoms with Crippen LogP contribution in [0.4, 0.5) is 0 Å². The van der Waals surface area contributed by atoms with Crippen LogP contribution in [0.5, 0.6) is 0 Å². The molecule has 1 aliphatic rings. The average Bonchev–Trinajstić information content (AvgIpc) is 2.89. The molecule has 27 heavy (non-hydrogen) atoms. The number of ether oxygens (including phenoxy) is 1. The van der Waals surface area contributed by atoms with Gasteiger partial charge in [-0.1, -0.05) is 48.7 Å². The number of carbonyl (C=O) groups excluding carboxylic acids is 2. The Balaban J connectivity index is 2.42. The standard InChI is InChI=1S/C23H35ClO3/c1-17(2)10-9-11-18(3)14-15-19-16-21(24)23(26)20(19)12-7-5-6-8-13-22(25)27-4/h10,12,16,18-19H,5-9,11,13-15H2,1-4H3. The van der Waals surface area contributed by atoms with E-state index in [1.165, 1.54) is 19.1 Å². The third-order valence-corrected chi connectivity index (χ3v) is 5.38. The molecule has 4 heteroatoms. The van der Waals surface area contributed by atoms with Crippen LogP contribution in [0.3, 0.4) is 0 Å². The molecular weight excluding hydrogens is 360 g/mol. The molecule has 0 heterocycles. The Bertz CT molecular complexity index is 582. The van der Waals surface area contributed by atoms with Crippen LogP contribution in [0.15, 0.2) is 34.4 Å². The molecule has 2 atom stereocenters. The maximum absolute atomic E-state index is 12.3. The third kappa shape index (κ3) is 9.41. The van der Waals surface area contributed by atoms with Crippen LogP contribution in [0.2, 0.25) is 0 Å². The van der Waals surface area contributed by atoms with Crippen LogP contribution >= 0.6 is 11.6 Å². The van der Waals surface area contributed by atoms with E-state index in [1.54, 1.807) is 0 Å². The van der Waals surface area contributed by atoms with E-state index in [0.29, 0.717) is 17.4 Å². The Morgan fingerprint density at radius 3 is 2.63 bits per heavy atom. The summed E-state index contributed by atoms with van der Waals surface area (Å²) in [6, 6.07) is 0. The lowest BCUT2D eigenvalue weighted by molar-refractivity contribution is -0.140. The van der Waals surface area contributed by atoms with Crippen molar-refractivity contribution in [3.05, 3.63) is 34.4 Å². The summed E-state index contributed by atoms with van der Waals surface area (Å²) in [5.41, 5.74) is 2.24. The lowest BCUT2D eigenvalue weighted by Crippen LogP contribution is -2.06. The van der Waals surface area contributed by atoms with Crippen LogP contribution in [-0.4, -0.2) is 18.9 Å². The second-order valence-electron chi connectivity index (χ2n) is 7.83. The van der Waals surface area contributed by atoms with E-state index in [-0.39, 0.29) is 17.7 Å². The van der Waals surface area contributed by atoms with E-state index < -0.39 is 0 Å². The topological polar surface area (TPSA) is 43.4 Å². The first-order valence-electron chi connectivity index (χ1n) is 10.2. The number of allylic oxidation sites excluding steroid dienone is 6. The van der Waals surface area contributed by atoms with Crippen LogP contribution in [0.1, 0.15) is 78.6 Å². The number of methoxy groups -OCH3 is 1. The lowest BCUT2D eigenvalue weighted by Gasteiger charge is -2.14. The molecule has 0 amide bonds. The molecule has 0 spiro atoms. The minimum absolute atomic E-state index is 0.00609. The van der Waals surface area contributed by atoms with Crippen molar-refractivity contribution in [2.75, 3.05) is 7.11 Å². The van der Waals surface area contributed by atoms with Gasteiger partial charge in [-0.2, -0.15) is 0 Å². The molecule has 0 N–H and O–H groups in total. The normalized spacial score (nSPS) is 19.1. The highest BCUT2D eigenvalue weighted by atomic mass is 35.5. The van der Waals surface area contributed by atoms with Crippen LogP contribution in [-0.2, 0) is 14.3 Å². The van der Waals surface area contributed by atoms with Gasteiger partial charge in [0, 0.05) is 17.9 Å². The highest BCUT2D eigenvalue weighted by Gasteiger charge is 2.28. The largest absolute Gasteiger partial charge is 0.469 e. The van der Waals surface area contributed by atoms with Crippen molar-refractivity contribution in [3.8, 4) is 0 Å². The van der Waals surface area contributed by atoms with E-state index in [2.05, 4.69) is 37.7 Å². The molecule has 0 aromatic rings. The van der Waals surface area contributed by atoms with E-state index in [1.807, 2.05) is 6.08 Å². The van der Waals surface area contributed by atoms with Gasteiger partial charge in [0.05, 0.1) is 12.1 Å². The van der Waals surface area contributed by atoms with Gasteiger partial charge in [-0.3, -0.25) is 9.59 Å². The molecule has 0 saturated carbocycles. The number of ketones is 1. The van der Waals surface area contributed by atoms with Crippen molar-refractivity contribution in [1.29, 1.82) is 0 Å². The number of hydrogen-bond donors (Lipinski definition) is 0. The number of rotatable bonds is 12. The second kappa shape index (κ2) is 12.9. The van der Waals surface area contributed by atoms with Gasteiger partial charge in [-0.15, -0.1) is 0 Å². The molecule has 1 rings (SSSR count). The Morgan fingerprint density at radius 2 is 1.96 bits per heavy atom. The number of unbranched alkanes of at least 4 members (excludes halogenated alkanes) is 3. The zero-order valence-electron chi connectivity index (χ0n) is 17.4. The van der Waals surface area contributed by atoms with E-state index in [4.69, 9.17) is 11.6 Å². The van der Waals surface area contributed by atoms with E-state index in [0.717, 1.165) is 50.5 Å². The fourth-order valence-corrected chi connectivity index (χ4v) is 3.61. The van der Waals surface area contributed by atoms with Gasteiger partial charge in [0.15, 0.2) is 5.78 Å². The first-order valence-corrected chi connectivity index (χ1v) is 10.5. The zero-order chi connectivity index (χ0) is 20.2. The summed E-state index contributed by atoms with van der Waals surface area (Å²) in [7, 11) is 1.41. The highest BCUT2D eigenvalue weighted by molar-refractivity contribution is 6.46. The molecule has 0 radical (unpaired) electrons. The Morgan fingerprint density at radius 1 is 1.22 bits per heavy atom. The first-order chi connectivity index (χ1) is 12.8. The van der Waals surface area contributed by atoms with Gasteiger partial charge in [-0.05, 0) is 64.7 Å². The number of Topliss-reactive ketones (excluding diaryl/α,β-unsaturated/α-hetero) is 1. The third-order valence-electron chi connectivity index (χ3n) is 5.09. The van der Waals surface area contributed by atoms with E-state index in [9.17, 15) is 9.59 Å². The van der Waals surface area contributed by atoms with Gasteiger partial charge in [0.1, 0.15) is 0 Å². The molecule has 3 nitrogen and oxygen atoms in total. The Hall–Kier alpha value is -1.35. The Labute approximate surface area is 169 Å². The van der Waals surface area contributed by atoms with Crippen molar-refractivity contribution >= 4 is 23.4 Å². The maximum Gasteiger partial charge on any atom is 0.305 e. The van der Waals surface area contributed by atoms with Gasteiger partial charge in [0.25, 0.3) is 0 Å². The molecular formula is C23H35ClO3. The van der Waals surface area contributed by atoms with E-state index >= 15 is 0 Å². The quantitative estimate of drug-likeness (QED) is 0.164. The lowest BCUT2D eigenvalue weighted by atomic mass is 9.90. The number of hydrogen-bond acceptors (Lipinski definition) is 3. The molecule has 152 valence electrons. The maximum atomic E-state index is 12.3. The summed E-state index contributed by atoms with van der Waals surface area (Å²) >= 11 is 6.11. The van der Waals surface area contributed by atoms with Crippen molar-refractivity contribution in [3.63, 3.8) is 0 Å².